The molecule has 0 aromatic heterocycles. The zero-order chi connectivity index (χ0) is 18.1. The van der Waals surface area contributed by atoms with Crippen LogP contribution in [-0.2, 0) is 9.59 Å². The minimum absolute atomic E-state index is 0.0164. The molecule has 1 aliphatic carbocycles. The van der Waals surface area contributed by atoms with E-state index in [1.165, 1.54) is 12.8 Å². The molecular formula is C21H28N2O3. The average Bonchev–Trinajstić information content (AvgIpc) is 3.36. The Labute approximate surface area is 155 Å². The molecule has 0 bridgehead atoms. The van der Waals surface area contributed by atoms with E-state index in [2.05, 4.69) is 4.90 Å². The van der Waals surface area contributed by atoms with E-state index in [0.717, 1.165) is 49.6 Å². The Kier molecular flexibility index (Phi) is 4.63. The highest BCUT2D eigenvalue weighted by molar-refractivity contribution is 5.86. The maximum absolute atomic E-state index is 13.1. The minimum atomic E-state index is -0.342. The highest BCUT2D eigenvalue weighted by Gasteiger charge is 2.49. The Morgan fingerprint density at radius 2 is 2.04 bits per heavy atom. The van der Waals surface area contributed by atoms with Gasteiger partial charge in [0.1, 0.15) is 5.75 Å². The van der Waals surface area contributed by atoms with Gasteiger partial charge in [-0.15, -0.1) is 0 Å². The SMILES string of the molecule is Cc1ccccc1OCC(=O)N1CCC2(CCCN(CC3CC3)C2=O)C1. The number of carbonyl (C=O) groups is 2. The van der Waals surface area contributed by atoms with Gasteiger partial charge in [0.05, 0.1) is 5.41 Å². The van der Waals surface area contributed by atoms with E-state index in [9.17, 15) is 9.59 Å². The normalized spacial score (nSPS) is 25.8. The van der Waals surface area contributed by atoms with Gasteiger partial charge >= 0.3 is 0 Å². The number of aryl methyl sites for hydroxylation is 1. The van der Waals surface area contributed by atoms with Crippen LogP contribution in [0.25, 0.3) is 0 Å². The van der Waals surface area contributed by atoms with Crippen molar-refractivity contribution in [3.05, 3.63) is 29.8 Å². The van der Waals surface area contributed by atoms with Crippen LogP contribution in [0.4, 0.5) is 0 Å². The van der Waals surface area contributed by atoms with Crippen LogP contribution in [0.5, 0.6) is 5.75 Å². The lowest BCUT2D eigenvalue weighted by Crippen LogP contribution is -2.51. The number of rotatable bonds is 5. The first kappa shape index (κ1) is 17.4. The zero-order valence-corrected chi connectivity index (χ0v) is 15.6. The first-order chi connectivity index (χ1) is 12.6. The second-order valence-corrected chi connectivity index (χ2v) is 8.20. The van der Waals surface area contributed by atoms with E-state index < -0.39 is 0 Å². The van der Waals surface area contributed by atoms with Crippen LogP contribution in [0.1, 0.15) is 37.7 Å². The highest BCUT2D eigenvalue weighted by atomic mass is 16.5. The summed E-state index contributed by atoms with van der Waals surface area (Å²) in [5, 5.41) is 0. The number of piperidine rings is 1. The summed E-state index contributed by atoms with van der Waals surface area (Å²) in [5.41, 5.74) is 0.683. The number of carbonyl (C=O) groups excluding carboxylic acids is 2. The fourth-order valence-corrected chi connectivity index (χ4v) is 4.35. The van der Waals surface area contributed by atoms with Gasteiger partial charge in [0, 0.05) is 26.2 Å². The Hall–Kier alpha value is -2.04. The minimum Gasteiger partial charge on any atom is -0.484 e. The number of para-hydroxylation sites is 1. The smallest absolute Gasteiger partial charge is 0.260 e. The number of amides is 2. The van der Waals surface area contributed by atoms with Crippen molar-refractivity contribution in [3.8, 4) is 5.75 Å². The molecule has 26 heavy (non-hydrogen) atoms. The number of benzene rings is 1. The molecular weight excluding hydrogens is 328 g/mol. The van der Waals surface area contributed by atoms with Gasteiger partial charge in [0.2, 0.25) is 5.91 Å². The van der Waals surface area contributed by atoms with Crippen molar-refractivity contribution in [2.75, 3.05) is 32.8 Å². The molecule has 0 N–H and O–H groups in total. The summed E-state index contributed by atoms with van der Waals surface area (Å²) < 4.78 is 5.71. The lowest BCUT2D eigenvalue weighted by atomic mass is 9.78. The third-order valence-electron chi connectivity index (χ3n) is 6.15. The number of hydrogen-bond acceptors (Lipinski definition) is 3. The van der Waals surface area contributed by atoms with Crippen molar-refractivity contribution in [2.45, 2.75) is 39.0 Å². The highest BCUT2D eigenvalue weighted by Crippen LogP contribution is 2.41. The van der Waals surface area contributed by atoms with Gasteiger partial charge in [-0.1, -0.05) is 18.2 Å². The van der Waals surface area contributed by atoms with Crippen LogP contribution in [0.3, 0.4) is 0 Å². The molecule has 140 valence electrons. The number of hydrogen-bond donors (Lipinski definition) is 0. The van der Waals surface area contributed by atoms with Crippen LogP contribution in [0.15, 0.2) is 24.3 Å². The molecule has 1 aromatic carbocycles. The predicted molar refractivity (Wildman–Crippen MR) is 98.8 cm³/mol. The predicted octanol–water partition coefficient (Wildman–Crippen LogP) is 2.62. The molecule has 4 rings (SSSR count). The summed E-state index contributed by atoms with van der Waals surface area (Å²) in [7, 11) is 0. The summed E-state index contributed by atoms with van der Waals surface area (Å²) >= 11 is 0. The maximum Gasteiger partial charge on any atom is 0.260 e. The summed E-state index contributed by atoms with van der Waals surface area (Å²) in [6.07, 6.45) is 5.29. The molecule has 1 aromatic rings. The fourth-order valence-electron chi connectivity index (χ4n) is 4.35. The molecule has 2 saturated heterocycles. The van der Waals surface area contributed by atoms with Crippen molar-refractivity contribution in [2.24, 2.45) is 11.3 Å². The van der Waals surface area contributed by atoms with Gasteiger partial charge in [0.25, 0.3) is 5.91 Å². The first-order valence-corrected chi connectivity index (χ1v) is 9.83. The van der Waals surface area contributed by atoms with E-state index in [-0.39, 0.29) is 23.8 Å². The molecule has 1 unspecified atom stereocenters. The summed E-state index contributed by atoms with van der Waals surface area (Å²) in [6.45, 7) is 5.05. The first-order valence-electron chi connectivity index (χ1n) is 9.83. The monoisotopic (exact) mass is 356 g/mol. The molecule has 1 spiro atoms. The van der Waals surface area contributed by atoms with Crippen LogP contribution in [-0.4, -0.2) is 54.4 Å². The quantitative estimate of drug-likeness (QED) is 0.815. The molecule has 2 aliphatic heterocycles. The second-order valence-electron chi connectivity index (χ2n) is 8.20. The largest absolute Gasteiger partial charge is 0.484 e. The summed E-state index contributed by atoms with van der Waals surface area (Å²) in [5.74, 6) is 1.73. The van der Waals surface area contributed by atoms with Gasteiger partial charge in [-0.2, -0.15) is 0 Å². The van der Waals surface area contributed by atoms with Gasteiger partial charge in [-0.25, -0.2) is 0 Å². The van der Waals surface area contributed by atoms with Gasteiger partial charge in [-0.3, -0.25) is 9.59 Å². The lowest BCUT2D eigenvalue weighted by molar-refractivity contribution is -0.146. The van der Waals surface area contributed by atoms with E-state index in [0.29, 0.717) is 13.1 Å². The van der Waals surface area contributed by atoms with E-state index in [1.54, 1.807) is 0 Å². The molecule has 5 nitrogen and oxygen atoms in total. The maximum atomic E-state index is 13.1. The lowest BCUT2D eigenvalue weighted by Gasteiger charge is -2.39. The Balaban J connectivity index is 1.35. The average molecular weight is 356 g/mol. The van der Waals surface area contributed by atoms with E-state index >= 15 is 0 Å². The third kappa shape index (κ3) is 3.44. The third-order valence-corrected chi connectivity index (χ3v) is 6.15. The van der Waals surface area contributed by atoms with Crippen molar-refractivity contribution in [3.63, 3.8) is 0 Å². The molecule has 3 fully saturated rings. The molecule has 5 heteroatoms. The van der Waals surface area contributed by atoms with Gasteiger partial charge in [-0.05, 0) is 56.6 Å². The van der Waals surface area contributed by atoms with Crippen LogP contribution < -0.4 is 4.74 Å². The molecule has 2 amide bonds. The van der Waals surface area contributed by atoms with Crippen LogP contribution >= 0.6 is 0 Å². The van der Waals surface area contributed by atoms with Crippen molar-refractivity contribution in [1.82, 2.24) is 9.80 Å². The van der Waals surface area contributed by atoms with E-state index in [1.807, 2.05) is 36.1 Å². The van der Waals surface area contributed by atoms with Crippen LogP contribution in [0, 0.1) is 18.3 Å². The van der Waals surface area contributed by atoms with Crippen molar-refractivity contribution >= 4 is 11.8 Å². The van der Waals surface area contributed by atoms with Crippen molar-refractivity contribution in [1.29, 1.82) is 0 Å². The molecule has 0 radical (unpaired) electrons. The Morgan fingerprint density at radius 1 is 1.23 bits per heavy atom. The Morgan fingerprint density at radius 3 is 2.81 bits per heavy atom. The summed E-state index contributed by atoms with van der Waals surface area (Å²) in [6, 6.07) is 7.72. The Bertz CT molecular complexity index is 700. The fraction of sp³-hybridized carbons (Fsp3) is 0.619. The van der Waals surface area contributed by atoms with Gasteiger partial charge in [0.15, 0.2) is 6.61 Å². The second kappa shape index (κ2) is 6.93. The number of nitrogens with zero attached hydrogens (tertiary/aromatic N) is 2. The van der Waals surface area contributed by atoms with Crippen molar-refractivity contribution < 1.29 is 14.3 Å². The zero-order valence-electron chi connectivity index (χ0n) is 15.6. The molecule has 2 heterocycles. The number of ether oxygens (including phenoxy) is 1. The topological polar surface area (TPSA) is 49.9 Å². The standard InChI is InChI=1S/C21H28N2O3/c1-16-5-2-3-6-18(16)26-14-19(24)23-12-10-21(15-23)9-4-11-22(20(21)25)13-17-7-8-17/h2-3,5-6,17H,4,7-15H2,1H3. The van der Waals surface area contributed by atoms with E-state index in [4.69, 9.17) is 4.74 Å². The number of likely N-dealkylation sites (tertiary alicyclic amines) is 2. The molecule has 1 atom stereocenters. The molecule has 3 aliphatic rings. The molecule has 1 saturated carbocycles. The van der Waals surface area contributed by atoms with Crippen LogP contribution in [0.2, 0.25) is 0 Å². The van der Waals surface area contributed by atoms with Gasteiger partial charge < -0.3 is 14.5 Å². The summed E-state index contributed by atoms with van der Waals surface area (Å²) in [4.78, 5) is 29.6.